The highest BCUT2D eigenvalue weighted by Crippen LogP contribution is 2.37. The maximum Gasteiger partial charge on any atom is 0.243 e. The van der Waals surface area contributed by atoms with Crippen molar-refractivity contribution in [2.24, 2.45) is 5.92 Å². The molecule has 0 bridgehead atoms. The van der Waals surface area contributed by atoms with Crippen molar-refractivity contribution >= 4 is 21.6 Å². The maximum absolute atomic E-state index is 12.9. The van der Waals surface area contributed by atoms with Gasteiger partial charge in [0.15, 0.2) is 0 Å². The lowest BCUT2D eigenvalue weighted by atomic mass is 9.97. The van der Waals surface area contributed by atoms with Crippen molar-refractivity contribution in [1.82, 2.24) is 4.31 Å². The molecule has 166 valence electrons. The van der Waals surface area contributed by atoms with Crippen LogP contribution in [0, 0.1) is 17.2 Å². The fourth-order valence-corrected chi connectivity index (χ4v) is 6.15. The van der Waals surface area contributed by atoms with Gasteiger partial charge >= 0.3 is 0 Å². The van der Waals surface area contributed by atoms with Crippen molar-refractivity contribution in [3.63, 3.8) is 0 Å². The number of amides is 1. The molecule has 2 aliphatic rings. The molecular formula is C26H23N3O3S. The molecule has 1 aliphatic carbocycles. The molecular weight excluding hydrogens is 434 g/mol. The van der Waals surface area contributed by atoms with Crippen LogP contribution in [0.1, 0.15) is 29.5 Å². The van der Waals surface area contributed by atoms with E-state index in [1.807, 2.05) is 30.3 Å². The first-order valence-corrected chi connectivity index (χ1v) is 12.4. The number of anilines is 1. The zero-order chi connectivity index (χ0) is 23.0. The van der Waals surface area contributed by atoms with Crippen LogP contribution in [0.3, 0.4) is 0 Å². The van der Waals surface area contributed by atoms with Gasteiger partial charge in [-0.05, 0) is 77.9 Å². The first kappa shape index (κ1) is 21.4. The van der Waals surface area contributed by atoms with E-state index >= 15 is 0 Å². The molecule has 0 atom stereocenters. The average molecular weight is 458 g/mol. The third-order valence-corrected chi connectivity index (χ3v) is 8.42. The van der Waals surface area contributed by atoms with E-state index < -0.39 is 10.0 Å². The van der Waals surface area contributed by atoms with E-state index in [0.717, 1.165) is 12.1 Å². The summed E-state index contributed by atoms with van der Waals surface area (Å²) in [5.41, 5.74) is 6.16. The fraction of sp³-hybridized carbons (Fsp3) is 0.231. The fourth-order valence-electron chi connectivity index (χ4n) is 4.68. The number of benzene rings is 3. The maximum atomic E-state index is 12.9. The van der Waals surface area contributed by atoms with Gasteiger partial charge in [0, 0.05) is 24.7 Å². The molecule has 1 saturated heterocycles. The first-order valence-electron chi connectivity index (χ1n) is 11.0. The highest BCUT2D eigenvalue weighted by molar-refractivity contribution is 7.89. The van der Waals surface area contributed by atoms with Crippen molar-refractivity contribution in [3.8, 4) is 17.2 Å². The van der Waals surface area contributed by atoms with Gasteiger partial charge in [0.05, 0.1) is 16.5 Å². The summed E-state index contributed by atoms with van der Waals surface area (Å²) in [6, 6.07) is 22.3. The molecule has 0 unspecified atom stereocenters. The number of piperidine rings is 1. The highest BCUT2D eigenvalue weighted by Gasteiger charge is 2.32. The molecule has 0 radical (unpaired) electrons. The summed E-state index contributed by atoms with van der Waals surface area (Å²) in [7, 11) is -3.64. The quantitative estimate of drug-likeness (QED) is 0.498. The molecule has 5 rings (SSSR count). The van der Waals surface area contributed by atoms with Crippen LogP contribution in [-0.2, 0) is 21.2 Å². The van der Waals surface area contributed by atoms with Crippen LogP contribution in [0.25, 0.3) is 11.1 Å². The SMILES string of the molecule is N#Cc1ccc(S(=O)(=O)N2CCC(C(=O)Nc3ccc4c(c3)Cc3ccccc3-4)CC2)cc1. The van der Waals surface area contributed by atoms with Crippen molar-refractivity contribution in [1.29, 1.82) is 5.26 Å². The molecule has 1 fully saturated rings. The molecule has 0 aromatic heterocycles. The summed E-state index contributed by atoms with van der Waals surface area (Å²) in [5.74, 6) is -0.302. The topological polar surface area (TPSA) is 90.3 Å². The molecule has 1 heterocycles. The Labute approximate surface area is 193 Å². The number of fused-ring (bicyclic) bond motifs is 3. The van der Waals surface area contributed by atoms with Crippen LogP contribution < -0.4 is 5.32 Å². The molecule has 7 heteroatoms. The number of hydrogen-bond donors (Lipinski definition) is 1. The van der Waals surface area contributed by atoms with E-state index in [4.69, 9.17) is 5.26 Å². The highest BCUT2D eigenvalue weighted by atomic mass is 32.2. The molecule has 33 heavy (non-hydrogen) atoms. The second-order valence-electron chi connectivity index (χ2n) is 8.51. The van der Waals surface area contributed by atoms with Gasteiger partial charge in [-0.2, -0.15) is 9.57 Å². The number of hydrogen-bond acceptors (Lipinski definition) is 4. The number of nitriles is 1. The van der Waals surface area contributed by atoms with E-state index in [-0.39, 0.29) is 16.7 Å². The normalized spacial score (nSPS) is 16.0. The smallest absolute Gasteiger partial charge is 0.243 e. The van der Waals surface area contributed by atoms with E-state index in [9.17, 15) is 13.2 Å². The van der Waals surface area contributed by atoms with Gasteiger partial charge < -0.3 is 5.32 Å². The number of rotatable bonds is 4. The average Bonchev–Trinajstić information content (AvgIpc) is 3.22. The Bertz CT molecular complexity index is 1370. The minimum Gasteiger partial charge on any atom is -0.326 e. The van der Waals surface area contributed by atoms with Gasteiger partial charge in [0.2, 0.25) is 15.9 Å². The lowest BCUT2D eigenvalue weighted by Crippen LogP contribution is -2.41. The number of carbonyl (C=O) groups is 1. The molecule has 1 amide bonds. The Morgan fingerprint density at radius 2 is 1.64 bits per heavy atom. The zero-order valence-electron chi connectivity index (χ0n) is 18.0. The summed E-state index contributed by atoms with van der Waals surface area (Å²) < 4.78 is 27.2. The lowest BCUT2D eigenvalue weighted by Gasteiger charge is -2.30. The van der Waals surface area contributed by atoms with E-state index in [2.05, 4.69) is 23.5 Å². The Balaban J connectivity index is 1.22. The molecule has 3 aromatic rings. The largest absolute Gasteiger partial charge is 0.326 e. The standard InChI is InChI=1S/C26H23N3O3S/c27-17-18-5-8-23(9-6-18)33(31,32)29-13-11-19(12-14-29)26(30)28-22-7-10-25-21(16-22)15-20-3-1-2-4-24(20)25/h1-10,16,19H,11-15H2,(H,28,30). The van der Waals surface area contributed by atoms with Gasteiger partial charge in [0.25, 0.3) is 0 Å². The minimum atomic E-state index is -3.64. The van der Waals surface area contributed by atoms with Crippen LogP contribution in [0.2, 0.25) is 0 Å². The molecule has 0 spiro atoms. The summed E-state index contributed by atoms with van der Waals surface area (Å²) in [4.78, 5) is 13.0. The second kappa shape index (κ2) is 8.47. The summed E-state index contributed by atoms with van der Waals surface area (Å²) in [6.07, 6.45) is 1.80. The third-order valence-electron chi connectivity index (χ3n) is 6.51. The molecule has 1 N–H and O–H groups in total. The molecule has 3 aromatic carbocycles. The predicted molar refractivity (Wildman–Crippen MR) is 126 cm³/mol. The zero-order valence-corrected chi connectivity index (χ0v) is 18.8. The number of nitrogens with one attached hydrogen (secondary N) is 1. The summed E-state index contributed by atoms with van der Waals surface area (Å²) >= 11 is 0. The Kier molecular flexibility index (Phi) is 5.49. The predicted octanol–water partition coefficient (Wildman–Crippen LogP) is 4.17. The van der Waals surface area contributed by atoms with E-state index in [1.165, 1.54) is 50.8 Å². The number of nitrogens with zero attached hydrogens (tertiary/aromatic N) is 2. The van der Waals surface area contributed by atoms with E-state index in [1.54, 1.807) is 0 Å². The molecule has 6 nitrogen and oxygen atoms in total. The number of carbonyl (C=O) groups excluding carboxylic acids is 1. The van der Waals surface area contributed by atoms with Gasteiger partial charge in [0.1, 0.15) is 0 Å². The van der Waals surface area contributed by atoms with E-state index in [0.29, 0.717) is 31.5 Å². The Morgan fingerprint density at radius 3 is 2.36 bits per heavy atom. The Morgan fingerprint density at radius 1 is 0.939 bits per heavy atom. The van der Waals surface area contributed by atoms with Gasteiger partial charge in [-0.1, -0.05) is 30.3 Å². The van der Waals surface area contributed by atoms with Crippen LogP contribution in [0.4, 0.5) is 5.69 Å². The monoisotopic (exact) mass is 457 g/mol. The van der Waals surface area contributed by atoms with Gasteiger partial charge in [-0.25, -0.2) is 8.42 Å². The van der Waals surface area contributed by atoms with Crippen molar-refractivity contribution < 1.29 is 13.2 Å². The van der Waals surface area contributed by atoms with Crippen LogP contribution in [0.15, 0.2) is 71.6 Å². The molecule has 1 aliphatic heterocycles. The van der Waals surface area contributed by atoms with Gasteiger partial charge in [-0.3, -0.25) is 4.79 Å². The van der Waals surface area contributed by atoms with Crippen molar-refractivity contribution in [2.75, 3.05) is 18.4 Å². The van der Waals surface area contributed by atoms with Crippen LogP contribution in [-0.4, -0.2) is 31.7 Å². The molecule has 0 saturated carbocycles. The Hall–Kier alpha value is -3.47. The number of sulfonamides is 1. The van der Waals surface area contributed by atoms with Gasteiger partial charge in [-0.15, -0.1) is 0 Å². The van der Waals surface area contributed by atoms with Crippen LogP contribution in [0.5, 0.6) is 0 Å². The minimum absolute atomic E-state index is 0.0686. The lowest BCUT2D eigenvalue weighted by molar-refractivity contribution is -0.120. The van der Waals surface area contributed by atoms with Crippen molar-refractivity contribution in [2.45, 2.75) is 24.2 Å². The van der Waals surface area contributed by atoms with Crippen molar-refractivity contribution in [3.05, 3.63) is 83.4 Å². The second-order valence-corrected chi connectivity index (χ2v) is 10.4. The third kappa shape index (κ3) is 4.04. The van der Waals surface area contributed by atoms with Crippen LogP contribution >= 0.6 is 0 Å². The summed E-state index contributed by atoms with van der Waals surface area (Å²) in [5, 5.41) is 11.9. The first-order chi connectivity index (χ1) is 16.0. The summed E-state index contributed by atoms with van der Waals surface area (Å²) in [6.45, 7) is 0.583.